The number of carbonyl (C=O) groups excluding carboxylic acids is 1. The predicted molar refractivity (Wildman–Crippen MR) is 57.5 cm³/mol. The summed E-state index contributed by atoms with van der Waals surface area (Å²) < 4.78 is 17.5. The summed E-state index contributed by atoms with van der Waals surface area (Å²) in [4.78, 5) is 15.2. The molecule has 0 fully saturated rings. The van der Waals surface area contributed by atoms with Crippen LogP contribution >= 0.6 is 0 Å². The summed E-state index contributed by atoms with van der Waals surface area (Å²) in [5.74, 6) is -1.03. The van der Waals surface area contributed by atoms with Gasteiger partial charge in [0.25, 0.3) is 0 Å². The van der Waals surface area contributed by atoms with Crippen molar-refractivity contribution in [3.8, 4) is 0 Å². The van der Waals surface area contributed by atoms with Crippen molar-refractivity contribution in [3.05, 3.63) is 35.8 Å². The first-order chi connectivity index (χ1) is 7.61. The molecule has 5 heteroatoms. The Kier molecular flexibility index (Phi) is 2.44. The fraction of sp³-hybridized carbons (Fsp3) is 0.0909. The summed E-state index contributed by atoms with van der Waals surface area (Å²) in [6, 6.07) is 5.44. The number of hydrogen-bond acceptors (Lipinski definition) is 4. The fourth-order valence-corrected chi connectivity index (χ4v) is 1.44. The number of halogens is 1. The Morgan fingerprint density at radius 3 is 2.88 bits per heavy atom. The van der Waals surface area contributed by atoms with Crippen LogP contribution in [0.2, 0.25) is 0 Å². The van der Waals surface area contributed by atoms with Crippen molar-refractivity contribution in [1.82, 2.24) is 4.98 Å². The van der Waals surface area contributed by atoms with Crippen LogP contribution in [0.15, 0.2) is 24.3 Å². The van der Waals surface area contributed by atoms with E-state index >= 15 is 0 Å². The fourth-order valence-electron chi connectivity index (χ4n) is 1.44. The Hall–Kier alpha value is -2.17. The van der Waals surface area contributed by atoms with E-state index in [1.54, 1.807) is 0 Å². The first-order valence-electron chi connectivity index (χ1n) is 4.56. The number of aromatic nitrogens is 1. The average Bonchev–Trinajstić information content (AvgIpc) is 2.27. The van der Waals surface area contributed by atoms with E-state index in [0.29, 0.717) is 16.6 Å². The van der Waals surface area contributed by atoms with Crippen LogP contribution in [0.1, 0.15) is 10.5 Å². The summed E-state index contributed by atoms with van der Waals surface area (Å²) in [5.41, 5.74) is 6.50. The van der Waals surface area contributed by atoms with E-state index < -0.39 is 11.8 Å². The van der Waals surface area contributed by atoms with Gasteiger partial charge in [-0.3, -0.25) is 0 Å². The van der Waals surface area contributed by atoms with Gasteiger partial charge in [0.05, 0.1) is 12.6 Å². The van der Waals surface area contributed by atoms with Gasteiger partial charge in [-0.25, -0.2) is 14.2 Å². The average molecular weight is 220 g/mol. The van der Waals surface area contributed by atoms with Gasteiger partial charge in [-0.15, -0.1) is 0 Å². The van der Waals surface area contributed by atoms with E-state index in [-0.39, 0.29) is 5.69 Å². The van der Waals surface area contributed by atoms with Crippen LogP contribution in [-0.4, -0.2) is 18.1 Å². The van der Waals surface area contributed by atoms with Gasteiger partial charge >= 0.3 is 5.97 Å². The number of nitrogen functional groups attached to an aromatic ring is 1. The number of rotatable bonds is 1. The summed E-state index contributed by atoms with van der Waals surface area (Å²) >= 11 is 0. The molecule has 0 aliphatic rings. The van der Waals surface area contributed by atoms with Gasteiger partial charge in [-0.05, 0) is 18.2 Å². The van der Waals surface area contributed by atoms with Gasteiger partial charge in [-0.2, -0.15) is 0 Å². The van der Waals surface area contributed by atoms with E-state index in [4.69, 9.17) is 5.73 Å². The molecule has 0 saturated heterocycles. The number of ether oxygens (including phenoxy) is 1. The largest absolute Gasteiger partial charge is 0.464 e. The van der Waals surface area contributed by atoms with Crippen molar-refractivity contribution in [2.75, 3.05) is 12.8 Å². The minimum Gasteiger partial charge on any atom is -0.464 e. The highest BCUT2D eigenvalue weighted by Crippen LogP contribution is 2.21. The van der Waals surface area contributed by atoms with Gasteiger partial charge in [0.15, 0.2) is 5.69 Å². The van der Waals surface area contributed by atoms with E-state index in [0.717, 1.165) is 0 Å². The molecule has 0 bridgehead atoms. The Labute approximate surface area is 90.8 Å². The first kappa shape index (κ1) is 10.4. The number of nitrogens with zero attached hydrogens (tertiary/aromatic N) is 1. The molecule has 1 heterocycles. The number of esters is 1. The lowest BCUT2D eigenvalue weighted by molar-refractivity contribution is 0.0594. The summed E-state index contributed by atoms with van der Waals surface area (Å²) in [5, 5.41) is 0.606. The Morgan fingerprint density at radius 1 is 1.44 bits per heavy atom. The quantitative estimate of drug-likeness (QED) is 0.743. The molecular weight excluding hydrogens is 211 g/mol. The second kappa shape index (κ2) is 3.77. The minimum absolute atomic E-state index is 0.0677. The molecular formula is C11H9FN2O2. The molecule has 0 spiro atoms. The van der Waals surface area contributed by atoms with Crippen LogP contribution < -0.4 is 5.73 Å². The van der Waals surface area contributed by atoms with Crippen LogP contribution in [0.25, 0.3) is 10.9 Å². The van der Waals surface area contributed by atoms with Crippen molar-refractivity contribution in [3.63, 3.8) is 0 Å². The van der Waals surface area contributed by atoms with Crippen molar-refractivity contribution >= 4 is 22.6 Å². The van der Waals surface area contributed by atoms with E-state index in [1.807, 2.05) is 0 Å². The molecule has 0 aliphatic carbocycles. The van der Waals surface area contributed by atoms with E-state index in [9.17, 15) is 9.18 Å². The first-order valence-corrected chi connectivity index (χ1v) is 4.56. The molecule has 2 N–H and O–H groups in total. The number of pyridine rings is 1. The highest BCUT2D eigenvalue weighted by molar-refractivity contribution is 5.96. The summed E-state index contributed by atoms with van der Waals surface area (Å²) in [6.07, 6.45) is 0. The smallest absolute Gasteiger partial charge is 0.356 e. The predicted octanol–water partition coefficient (Wildman–Crippen LogP) is 1.74. The van der Waals surface area contributed by atoms with Crippen molar-refractivity contribution in [2.24, 2.45) is 0 Å². The molecule has 16 heavy (non-hydrogen) atoms. The van der Waals surface area contributed by atoms with Crippen LogP contribution in [0, 0.1) is 5.82 Å². The molecule has 2 aromatic rings. The lowest BCUT2D eigenvalue weighted by atomic mass is 10.1. The minimum atomic E-state index is -0.599. The maximum absolute atomic E-state index is 13.0. The standard InChI is InChI=1S/C11H9FN2O2/c1-16-11(15)10-5-8(13)7-3-2-6(12)4-9(7)14-10/h2-5H,1H3,(H2,13,14). The maximum atomic E-state index is 13.0. The Bertz CT molecular complexity index is 569. The Morgan fingerprint density at radius 2 is 2.19 bits per heavy atom. The molecule has 0 amide bonds. The highest BCUT2D eigenvalue weighted by Gasteiger charge is 2.11. The number of anilines is 1. The lowest BCUT2D eigenvalue weighted by Crippen LogP contribution is -2.05. The number of nitrogens with two attached hydrogens (primary N) is 1. The van der Waals surface area contributed by atoms with Crippen molar-refractivity contribution in [1.29, 1.82) is 0 Å². The highest BCUT2D eigenvalue weighted by atomic mass is 19.1. The van der Waals surface area contributed by atoms with Crippen LogP contribution in [0.5, 0.6) is 0 Å². The topological polar surface area (TPSA) is 65.2 Å². The zero-order valence-corrected chi connectivity index (χ0v) is 8.53. The third kappa shape index (κ3) is 1.67. The number of carbonyl (C=O) groups is 1. The number of methoxy groups -OCH3 is 1. The van der Waals surface area contributed by atoms with Crippen molar-refractivity contribution < 1.29 is 13.9 Å². The monoisotopic (exact) mass is 220 g/mol. The van der Waals surface area contributed by atoms with Gasteiger partial charge in [0, 0.05) is 17.1 Å². The molecule has 0 atom stereocenters. The van der Waals surface area contributed by atoms with Crippen molar-refractivity contribution in [2.45, 2.75) is 0 Å². The zero-order chi connectivity index (χ0) is 11.7. The van der Waals surface area contributed by atoms with E-state index in [2.05, 4.69) is 9.72 Å². The number of fused-ring (bicyclic) bond motifs is 1. The molecule has 1 aromatic heterocycles. The molecule has 0 radical (unpaired) electrons. The van der Waals surface area contributed by atoms with Gasteiger partial charge in [-0.1, -0.05) is 0 Å². The second-order valence-corrected chi connectivity index (χ2v) is 3.25. The lowest BCUT2D eigenvalue weighted by Gasteiger charge is -2.04. The molecule has 0 unspecified atom stereocenters. The number of benzene rings is 1. The van der Waals surface area contributed by atoms with Gasteiger partial charge in [0.2, 0.25) is 0 Å². The summed E-state index contributed by atoms with van der Waals surface area (Å²) in [7, 11) is 1.25. The zero-order valence-electron chi connectivity index (χ0n) is 8.53. The van der Waals surface area contributed by atoms with Gasteiger partial charge in [0.1, 0.15) is 5.82 Å². The second-order valence-electron chi connectivity index (χ2n) is 3.25. The SMILES string of the molecule is COC(=O)c1cc(N)c2ccc(F)cc2n1. The van der Waals surface area contributed by atoms with E-state index in [1.165, 1.54) is 31.4 Å². The van der Waals surface area contributed by atoms with Gasteiger partial charge < -0.3 is 10.5 Å². The maximum Gasteiger partial charge on any atom is 0.356 e. The molecule has 82 valence electrons. The molecule has 4 nitrogen and oxygen atoms in total. The van der Waals surface area contributed by atoms with Crippen LogP contribution in [0.3, 0.4) is 0 Å². The molecule has 0 aliphatic heterocycles. The molecule has 0 saturated carbocycles. The normalized spacial score (nSPS) is 10.4. The van der Waals surface area contributed by atoms with Crippen LogP contribution in [-0.2, 0) is 4.74 Å². The molecule has 2 rings (SSSR count). The molecule has 1 aromatic carbocycles. The van der Waals surface area contributed by atoms with Crippen LogP contribution in [0.4, 0.5) is 10.1 Å². The number of hydrogen-bond donors (Lipinski definition) is 1. The third-order valence-electron chi connectivity index (χ3n) is 2.20. The third-order valence-corrected chi connectivity index (χ3v) is 2.20. The Balaban J connectivity index is 2.69. The summed E-state index contributed by atoms with van der Waals surface area (Å²) in [6.45, 7) is 0.